The van der Waals surface area contributed by atoms with Crippen LogP contribution in [0.25, 0.3) is 0 Å². The molecule has 1 heterocycles. The predicted octanol–water partition coefficient (Wildman–Crippen LogP) is 2.93. The van der Waals surface area contributed by atoms with E-state index in [1.54, 1.807) is 0 Å². The Morgan fingerprint density at radius 3 is 2.90 bits per heavy atom. The second-order valence-electron chi connectivity index (χ2n) is 6.02. The van der Waals surface area contributed by atoms with Gasteiger partial charge in [0.05, 0.1) is 0 Å². The van der Waals surface area contributed by atoms with Gasteiger partial charge in [0.1, 0.15) is 0 Å². The monoisotopic (exact) mass is 276 g/mol. The Morgan fingerprint density at radius 1 is 1.35 bits per heavy atom. The molecule has 1 aromatic carbocycles. The van der Waals surface area contributed by atoms with Crippen molar-refractivity contribution in [1.29, 1.82) is 0 Å². The molecule has 1 aromatic rings. The molecular formula is C17H28N2O. The van der Waals surface area contributed by atoms with E-state index in [0.29, 0.717) is 18.7 Å². The summed E-state index contributed by atoms with van der Waals surface area (Å²) in [6.45, 7) is 6.75. The van der Waals surface area contributed by atoms with Gasteiger partial charge in [-0.1, -0.05) is 32.0 Å². The summed E-state index contributed by atoms with van der Waals surface area (Å²) >= 11 is 0. The zero-order valence-electron chi connectivity index (χ0n) is 12.8. The summed E-state index contributed by atoms with van der Waals surface area (Å²) in [6, 6.07) is 9.84. The van der Waals surface area contributed by atoms with Crippen LogP contribution in [0.2, 0.25) is 0 Å². The number of anilines is 1. The molecule has 20 heavy (non-hydrogen) atoms. The van der Waals surface area contributed by atoms with Gasteiger partial charge in [0.15, 0.2) is 0 Å². The lowest BCUT2D eigenvalue weighted by Crippen LogP contribution is -2.31. The summed E-state index contributed by atoms with van der Waals surface area (Å²) in [4.78, 5) is 2.55. The maximum Gasteiger partial charge on any atom is 0.0431 e. The Hall–Kier alpha value is -1.06. The maximum absolute atomic E-state index is 9.05. The molecule has 1 fully saturated rings. The third kappa shape index (κ3) is 3.97. The second kappa shape index (κ2) is 7.65. The third-order valence-electron chi connectivity index (χ3n) is 4.07. The quantitative estimate of drug-likeness (QED) is 0.804. The minimum absolute atomic E-state index is 0.306. The highest BCUT2D eigenvalue weighted by Crippen LogP contribution is 2.30. The molecule has 2 N–H and O–H groups in total. The van der Waals surface area contributed by atoms with Crippen LogP contribution in [-0.4, -0.2) is 30.3 Å². The van der Waals surface area contributed by atoms with Crippen LogP contribution in [0.4, 0.5) is 5.69 Å². The van der Waals surface area contributed by atoms with Gasteiger partial charge in [0, 0.05) is 37.5 Å². The highest BCUT2D eigenvalue weighted by Gasteiger charge is 2.25. The molecule has 1 saturated heterocycles. The average molecular weight is 276 g/mol. The van der Waals surface area contributed by atoms with E-state index < -0.39 is 0 Å². The molecule has 1 aliphatic rings. The van der Waals surface area contributed by atoms with Crippen molar-refractivity contribution in [3.8, 4) is 0 Å². The van der Waals surface area contributed by atoms with E-state index in [-0.39, 0.29) is 0 Å². The number of benzene rings is 1. The molecule has 112 valence electrons. The van der Waals surface area contributed by atoms with Gasteiger partial charge in [-0.2, -0.15) is 0 Å². The highest BCUT2D eigenvalue weighted by molar-refractivity contribution is 5.55. The van der Waals surface area contributed by atoms with Crippen molar-refractivity contribution in [2.24, 2.45) is 0 Å². The molecule has 0 spiro atoms. The second-order valence-corrected chi connectivity index (χ2v) is 6.02. The minimum atomic E-state index is 0.306. The first-order valence-corrected chi connectivity index (χ1v) is 7.91. The largest absolute Gasteiger partial charge is 0.396 e. The Labute approximate surface area is 123 Å². The van der Waals surface area contributed by atoms with Crippen LogP contribution in [0.15, 0.2) is 24.3 Å². The Bertz CT molecular complexity index is 406. The zero-order chi connectivity index (χ0) is 14.4. The van der Waals surface area contributed by atoms with Crippen LogP contribution in [0.1, 0.15) is 45.1 Å². The van der Waals surface area contributed by atoms with Gasteiger partial charge in [-0.25, -0.2) is 0 Å². The topological polar surface area (TPSA) is 35.5 Å². The summed E-state index contributed by atoms with van der Waals surface area (Å²) in [5.41, 5.74) is 2.76. The lowest BCUT2D eigenvalue weighted by atomic mass is 10.1. The lowest BCUT2D eigenvalue weighted by Gasteiger charge is -2.29. The molecule has 3 nitrogen and oxygen atoms in total. The van der Waals surface area contributed by atoms with Gasteiger partial charge >= 0.3 is 0 Å². The van der Waals surface area contributed by atoms with Crippen molar-refractivity contribution in [3.63, 3.8) is 0 Å². The lowest BCUT2D eigenvalue weighted by molar-refractivity contribution is 0.279. The van der Waals surface area contributed by atoms with Crippen molar-refractivity contribution in [2.45, 2.75) is 58.2 Å². The van der Waals surface area contributed by atoms with Gasteiger partial charge in [-0.15, -0.1) is 0 Å². The van der Waals surface area contributed by atoms with E-state index in [1.165, 1.54) is 24.1 Å². The van der Waals surface area contributed by atoms with E-state index in [2.05, 4.69) is 48.3 Å². The number of nitrogens with zero attached hydrogens (tertiary/aromatic N) is 1. The van der Waals surface area contributed by atoms with Gasteiger partial charge in [-0.05, 0) is 37.3 Å². The van der Waals surface area contributed by atoms with Gasteiger partial charge in [-0.3, -0.25) is 0 Å². The zero-order valence-corrected chi connectivity index (χ0v) is 12.8. The Kier molecular flexibility index (Phi) is 5.86. The molecule has 2 rings (SSSR count). The van der Waals surface area contributed by atoms with Crippen molar-refractivity contribution in [2.75, 3.05) is 18.1 Å². The van der Waals surface area contributed by atoms with Crippen molar-refractivity contribution < 1.29 is 5.11 Å². The smallest absolute Gasteiger partial charge is 0.0431 e. The standard InChI is InChI=1S/C17H28N2O/c1-14(2)18-13-15-7-3-4-10-17(15)19-11-5-8-16(19)9-6-12-20/h3-4,7,10,14,16,18,20H,5-6,8-9,11-13H2,1-2H3. The van der Waals surface area contributed by atoms with Crippen molar-refractivity contribution in [3.05, 3.63) is 29.8 Å². The van der Waals surface area contributed by atoms with E-state index in [0.717, 1.165) is 25.9 Å². The summed E-state index contributed by atoms with van der Waals surface area (Å²) in [5.74, 6) is 0. The number of aliphatic hydroxyl groups is 1. The third-order valence-corrected chi connectivity index (χ3v) is 4.07. The fraction of sp³-hybridized carbons (Fsp3) is 0.647. The molecule has 0 aliphatic carbocycles. The maximum atomic E-state index is 9.05. The minimum Gasteiger partial charge on any atom is -0.396 e. The molecule has 0 aromatic heterocycles. The molecule has 0 radical (unpaired) electrons. The summed E-state index contributed by atoms with van der Waals surface area (Å²) in [7, 11) is 0. The molecule has 0 bridgehead atoms. The van der Waals surface area contributed by atoms with Gasteiger partial charge < -0.3 is 15.3 Å². The SMILES string of the molecule is CC(C)NCc1ccccc1N1CCCC1CCCO. The molecular weight excluding hydrogens is 248 g/mol. The number of nitrogens with one attached hydrogen (secondary N) is 1. The normalized spacial score (nSPS) is 19.0. The number of hydrogen-bond acceptors (Lipinski definition) is 3. The Balaban J connectivity index is 2.10. The fourth-order valence-electron chi connectivity index (χ4n) is 3.03. The number of para-hydroxylation sites is 1. The van der Waals surface area contributed by atoms with Crippen LogP contribution in [0, 0.1) is 0 Å². The fourth-order valence-corrected chi connectivity index (χ4v) is 3.03. The number of rotatable bonds is 7. The molecule has 0 amide bonds. The molecule has 3 heteroatoms. The van der Waals surface area contributed by atoms with Crippen molar-refractivity contribution in [1.82, 2.24) is 5.32 Å². The van der Waals surface area contributed by atoms with Gasteiger partial charge in [0.25, 0.3) is 0 Å². The molecule has 1 unspecified atom stereocenters. The highest BCUT2D eigenvalue weighted by atomic mass is 16.2. The van der Waals surface area contributed by atoms with Gasteiger partial charge in [0.2, 0.25) is 0 Å². The van der Waals surface area contributed by atoms with Crippen LogP contribution in [0.5, 0.6) is 0 Å². The summed E-state index contributed by atoms with van der Waals surface area (Å²) in [5, 5.41) is 12.6. The van der Waals surface area contributed by atoms with Crippen LogP contribution < -0.4 is 10.2 Å². The summed E-state index contributed by atoms with van der Waals surface area (Å²) < 4.78 is 0. The first-order chi connectivity index (χ1) is 9.72. The summed E-state index contributed by atoms with van der Waals surface area (Å²) in [6.07, 6.45) is 4.53. The van der Waals surface area contributed by atoms with E-state index in [1.807, 2.05) is 0 Å². The van der Waals surface area contributed by atoms with Crippen LogP contribution in [-0.2, 0) is 6.54 Å². The molecule has 1 atom stereocenters. The first kappa shape index (κ1) is 15.3. The number of hydrogen-bond donors (Lipinski definition) is 2. The van der Waals surface area contributed by atoms with Crippen LogP contribution in [0.3, 0.4) is 0 Å². The van der Waals surface area contributed by atoms with Crippen LogP contribution >= 0.6 is 0 Å². The number of aliphatic hydroxyl groups excluding tert-OH is 1. The Morgan fingerprint density at radius 2 is 2.15 bits per heavy atom. The average Bonchev–Trinajstić information content (AvgIpc) is 2.91. The molecule has 0 saturated carbocycles. The van der Waals surface area contributed by atoms with E-state index in [4.69, 9.17) is 5.11 Å². The first-order valence-electron chi connectivity index (χ1n) is 7.91. The van der Waals surface area contributed by atoms with Crippen molar-refractivity contribution >= 4 is 5.69 Å². The predicted molar refractivity (Wildman–Crippen MR) is 85.1 cm³/mol. The van der Waals surface area contributed by atoms with E-state index in [9.17, 15) is 0 Å². The van der Waals surface area contributed by atoms with E-state index >= 15 is 0 Å². The molecule has 1 aliphatic heterocycles.